The number of hydrogen-bond acceptors (Lipinski definition) is 1. The van der Waals surface area contributed by atoms with Crippen LogP contribution in [-0.4, -0.2) is 5.11 Å². The minimum Gasteiger partial charge on any atom is -0.512 e. The van der Waals surface area contributed by atoms with Crippen LogP contribution >= 0.6 is 0 Å². The summed E-state index contributed by atoms with van der Waals surface area (Å²) in [4.78, 5) is 0. The SMILES string of the molecule is CC1CC(O)=C2CC1C2(C)C. The van der Waals surface area contributed by atoms with Crippen molar-refractivity contribution in [1.82, 2.24) is 0 Å². The Hall–Kier alpha value is -0.460. The smallest absolute Gasteiger partial charge is 0.0923 e. The summed E-state index contributed by atoms with van der Waals surface area (Å²) >= 11 is 0. The molecule has 0 spiro atoms. The van der Waals surface area contributed by atoms with Crippen LogP contribution in [0.1, 0.15) is 33.6 Å². The van der Waals surface area contributed by atoms with E-state index in [0.717, 1.165) is 18.8 Å². The number of rotatable bonds is 0. The van der Waals surface area contributed by atoms with Gasteiger partial charge in [0.05, 0.1) is 5.76 Å². The first-order valence-corrected chi connectivity index (χ1v) is 4.45. The van der Waals surface area contributed by atoms with Crippen molar-refractivity contribution in [2.24, 2.45) is 17.3 Å². The van der Waals surface area contributed by atoms with Gasteiger partial charge in [0.25, 0.3) is 0 Å². The Morgan fingerprint density at radius 1 is 1.36 bits per heavy atom. The average molecular weight is 152 g/mol. The average Bonchev–Trinajstić information content (AvgIpc) is 1.84. The lowest BCUT2D eigenvalue weighted by Crippen LogP contribution is -2.46. The first kappa shape index (κ1) is 7.20. The van der Waals surface area contributed by atoms with Crippen molar-refractivity contribution in [2.45, 2.75) is 33.6 Å². The maximum Gasteiger partial charge on any atom is 0.0923 e. The molecule has 1 saturated carbocycles. The first-order chi connectivity index (χ1) is 5.03. The van der Waals surface area contributed by atoms with Gasteiger partial charge in [-0.25, -0.2) is 0 Å². The van der Waals surface area contributed by atoms with Gasteiger partial charge in [-0.05, 0) is 29.2 Å². The molecule has 3 rings (SSSR count). The topological polar surface area (TPSA) is 20.2 Å². The molecule has 0 heterocycles. The van der Waals surface area contributed by atoms with Gasteiger partial charge in [-0.1, -0.05) is 20.8 Å². The predicted molar refractivity (Wildman–Crippen MR) is 45.3 cm³/mol. The molecule has 0 saturated heterocycles. The summed E-state index contributed by atoms with van der Waals surface area (Å²) in [6, 6.07) is 0. The molecule has 3 aliphatic carbocycles. The molecule has 2 atom stereocenters. The Kier molecular flexibility index (Phi) is 1.19. The van der Waals surface area contributed by atoms with Crippen LogP contribution in [-0.2, 0) is 0 Å². The predicted octanol–water partition coefficient (Wildman–Crippen LogP) is 2.88. The van der Waals surface area contributed by atoms with Crippen molar-refractivity contribution < 1.29 is 5.11 Å². The van der Waals surface area contributed by atoms with Crippen molar-refractivity contribution in [1.29, 1.82) is 0 Å². The number of fused-ring (bicyclic) bond motifs is 2. The molecule has 62 valence electrons. The van der Waals surface area contributed by atoms with Crippen LogP contribution in [0.25, 0.3) is 0 Å². The second-order valence-electron chi connectivity index (χ2n) is 4.64. The number of allylic oxidation sites excluding steroid dienone is 2. The van der Waals surface area contributed by atoms with E-state index in [1.807, 2.05) is 0 Å². The molecular formula is C10H16O. The molecule has 0 aromatic rings. The summed E-state index contributed by atoms with van der Waals surface area (Å²) in [5.74, 6) is 2.20. The lowest BCUT2D eigenvalue weighted by Gasteiger charge is -2.54. The zero-order valence-corrected chi connectivity index (χ0v) is 7.52. The fourth-order valence-electron chi connectivity index (χ4n) is 2.80. The quantitative estimate of drug-likeness (QED) is 0.566. The normalized spacial score (nSPS) is 40.3. The summed E-state index contributed by atoms with van der Waals surface area (Å²) in [6.07, 6.45) is 2.07. The number of aliphatic hydroxyl groups is 1. The highest BCUT2D eigenvalue weighted by atomic mass is 16.3. The summed E-state index contributed by atoms with van der Waals surface area (Å²) in [5.41, 5.74) is 1.63. The van der Waals surface area contributed by atoms with E-state index in [1.54, 1.807) is 0 Å². The van der Waals surface area contributed by atoms with E-state index in [0.29, 0.717) is 17.1 Å². The van der Waals surface area contributed by atoms with Gasteiger partial charge >= 0.3 is 0 Å². The van der Waals surface area contributed by atoms with Crippen molar-refractivity contribution in [3.63, 3.8) is 0 Å². The Morgan fingerprint density at radius 3 is 2.36 bits per heavy atom. The zero-order chi connectivity index (χ0) is 8.22. The van der Waals surface area contributed by atoms with E-state index < -0.39 is 0 Å². The van der Waals surface area contributed by atoms with Crippen molar-refractivity contribution in [3.05, 3.63) is 11.3 Å². The molecule has 0 aromatic heterocycles. The summed E-state index contributed by atoms with van der Waals surface area (Å²) in [5, 5.41) is 9.60. The summed E-state index contributed by atoms with van der Waals surface area (Å²) < 4.78 is 0. The van der Waals surface area contributed by atoms with Crippen LogP contribution in [0.15, 0.2) is 11.3 Å². The molecule has 11 heavy (non-hydrogen) atoms. The third-order valence-electron chi connectivity index (χ3n) is 3.68. The Labute approximate surface area is 68.1 Å². The lowest BCUT2D eigenvalue weighted by molar-refractivity contribution is 0.0578. The molecular weight excluding hydrogens is 136 g/mol. The van der Waals surface area contributed by atoms with Gasteiger partial charge in [0.1, 0.15) is 0 Å². The van der Waals surface area contributed by atoms with Crippen LogP contribution < -0.4 is 0 Å². The minimum absolute atomic E-state index is 0.307. The van der Waals surface area contributed by atoms with Gasteiger partial charge in [-0.3, -0.25) is 0 Å². The standard InChI is InChI=1S/C10H16O/c1-6-4-9(11)8-5-7(6)10(8,2)3/h6-7,11H,4-5H2,1-3H3. The van der Waals surface area contributed by atoms with Gasteiger partial charge in [-0.15, -0.1) is 0 Å². The van der Waals surface area contributed by atoms with Gasteiger partial charge in [0, 0.05) is 6.42 Å². The maximum absolute atomic E-state index is 9.60. The van der Waals surface area contributed by atoms with Crippen LogP contribution in [0.4, 0.5) is 0 Å². The lowest BCUT2D eigenvalue weighted by atomic mass is 9.50. The van der Waals surface area contributed by atoms with E-state index in [4.69, 9.17) is 0 Å². The van der Waals surface area contributed by atoms with E-state index in [2.05, 4.69) is 20.8 Å². The third kappa shape index (κ3) is 0.715. The Bertz CT molecular complexity index is 225. The van der Waals surface area contributed by atoms with Crippen LogP contribution in [0, 0.1) is 17.3 Å². The van der Waals surface area contributed by atoms with Crippen molar-refractivity contribution in [2.75, 3.05) is 0 Å². The highest BCUT2D eigenvalue weighted by molar-refractivity contribution is 5.31. The third-order valence-corrected chi connectivity index (χ3v) is 3.68. The number of aliphatic hydroxyl groups excluding tert-OH is 1. The molecule has 0 aliphatic heterocycles. The minimum atomic E-state index is 0.307. The molecule has 3 aliphatic rings. The Balaban J connectivity index is 2.39. The second kappa shape index (κ2) is 1.82. The fourth-order valence-corrected chi connectivity index (χ4v) is 2.80. The molecule has 1 N–H and O–H groups in total. The van der Waals surface area contributed by atoms with Crippen molar-refractivity contribution >= 4 is 0 Å². The molecule has 0 radical (unpaired) electrons. The molecule has 1 fully saturated rings. The van der Waals surface area contributed by atoms with Gasteiger partial charge in [0.15, 0.2) is 0 Å². The van der Waals surface area contributed by atoms with Crippen molar-refractivity contribution in [3.8, 4) is 0 Å². The van der Waals surface area contributed by atoms with Gasteiger partial charge in [-0.2, -0.15) is 0 Å². The molecule has 2 unspecified atom stereocenters. The monoisotopic (exact) mass is 152 g/mol. The highest BCUT2D eigenvalue weighted by Gasteiger charge is 2.51. The molecule has 2 bridgehead atoms. The van der Waals surface area contributed by atoms with E-state index in [1.165, 1.54) is 5.57 Å². The summed E-state index contributed by atoms with van der Waals surface area (Å²) in [7, 11) is 0. The molecule has 1 heteroatoms. The van der Waals surface area contributed by atoms with Gasteiger partial charge in [0.2, 0.25) is 0 Å². The van der Waals surface area contributed by atoms with Gasteiger partial charge < -0.3 is 5.11 Å². The second-order valence-corrected chi connectivity index (χ2v) is 4.64. The van der Waals surface area contributed by atoms with E-state index in [-0.39, 0.29) is 0 Å². The van der Waals surface area contributed by atoms with E-state index in [9.17, 15) is 5.11 Å². The Morgan fingerprint density at radius 2 is 2.00 bits per heavy atom. The number of hydrogen-bond donors (Lipinski definition) is 1. The summed E-state index contributed by atoms with van der Waals surface area (Å²) in [6.45, 7) is 6.75. The molecule has 0 aromatic carbocycles. The van der Waals surface area contributed by atoms with Crippen LogP contribution in [0.2, 0.25) is 0 Å². The van der Waals surface area contributed by atoms with Crippen LogP contribution in [0.5, 0.6) is 0 Å². The molecule has 1 nitrogen and oxygen atoms in total. The molecule has 0 amide bonds. The first-order valence-electron chi connectivity index (χ1n) is 4.45. The van der Waals surface area contributed by atoms with Crippen LogP contribution in [0.3, 0.4) is 0 Å². The zero-order valence-electron chi connectivity index (χ0n) is 7.52. The largest absolute Gasteiger partial charge is 0.512 e. The maximum atomic E-state index is 9.60. The fraction of sp³-hybridized carbons (Fsp3) is 0.800. The highest BCUT2D eigenvalue weighted by Crippen LogP contribution is 2.59. The van der Waals surface area contributed by atoms with E-state index >= 15 is 0 Å².